The first-order valence-corrected chi connectivity index (χ1v) is 7.30. The second-order valence-corrected chi connectivity index (χ2v) is 5.88. The summed E-state index contributed by atoms with van der Waals surface area (Å²) in [6.07, 6.45) is 0. The molecule has 0 bridgehead atoms. The van der Waals surface area contributed by atoms with Crippen molar-refractivity contribution < 1.29 is 9.53 Å². The van der Waals surface area contributed by atoms with Gasteiger partial charge in [-0.3, -0.25) is 4.79 Å². The number of aromatic nitrogens is 1. The van der Waals surface area contributed by atoms with Crippen LogP contribution in [0.2, 0.25) is 0 Å². The van der Waals surface area contributed by atoms with Crippen molar-refractivity contribution >= 4 is 32.6 Å². The first-order chi connectivity index (χ1) is 9.52. The van der Waals surface area contributed by atoms with Gasteiger partial charge in [0.05, 0.1) is 16.8 Å². The Morgan fingerprint density at radius 2 is 2.25 bits per heavy atom. The largest absolute Gasteiger partial charge is 0.383 e. The van der Waals surface area contributed by atoms with Crippen LogP contribution in [0.1, 0.15) is 24.2 Å². The standard InChI is InChI=1S/C14H19N3O2S/c1-9(2)17(6-7-19-3)13(18)10-4-5-11-12(8-10)20-14(15)16-11/h4-5,8-9H,6-7H2,1-3H3,(H2,15,16). The lowest BCUT2D eigenvalue weighted by Crippen LogP contribution is -2.39. The van der Waals surface area contributed by atoms with E-state index in [9.17, 15) is 4.79 Å². The average Bonchev–Trinajstić information content (AvgIpc) is 2.77. The van der Waals surface area contributed by atoms with E-state index in [0.29, 0.717) is 23.8 Å². The molecule has 0 aliphatic heterocycles. The number of rotatable bonds is 5. The van der Waals surface area contributed by atoms with Gasteiger partial charge < -0.3 is 15.4 Å². The molecule has 0 atom stereocenters. The Hall–Kier alpha value is -1.66. The molecule has 0 aliphatic carbocycles. The maximum atomic E-state index is 12.6. The lowest BCUT2D eigenvalue weighted by Gasteiger charge is -2.26. The Kier molecular flexibility index (Phi) is 4.57. The molecular weight excluding hydrogens is 274 g/mol. The second-order valence-electron chi connectivity index (χ2n) is 4.82. The third-order valence-corrected chi connectivity index (χ3v) is 3.92. The van der Waals surface area contributed by atoms with Crippen LogP contribution in [-0.2, 0) is 4.74 Å². The van der Waals surface area contributed by atoms with E-state index in [1.54, 1.807) is 18.1 Å². The van der Waals surface area contributed by atoms with E-state index in [0.717, 1.165) is 10.2 Å². The number of nitrogens with two attached hydrogens (primary N) is 1. The fourth-order valence-corrected chi connectivity index (χ4v) is 2.80. The lowest BCUT2D eigenvalue weighted by atomic mass is 10.1. The summed E-state index contributed by atoms with van der Waals surface area (Å²) >= 11 is 1.39. The van der Waals surface area contributed by atoms with Gasteiger partial charge in [-0.15, -0.1) is 0 Å². The molecule has 2 aromatic rings. The van der Waals surface area contributed by atoms with Gasteiger partial charge in [0.25, 0.3) is 5.91 Å². The summed E-state index contributed by atoms with van der Waals surface area (Å²) in [4.78, 5) is 18.6. The lowest BCUT2D eigenvalue weighted by molar-refractivity contribution is 0.0635. The first kappa shape index (κ1) is 14.7. The van der Waals surface area contributed by atoms with Crippen LogP contribution in [0.5, 0.6) is 0 Å². The quantitative estimate of drug-likeness (QED) is 0.919. The molecule has 6 heteroatoms. The number of nitrogens with zero attached hydrogens (tertiary/aromatic N) is 2. The number of thiazole rings is 1. The van der Waals surface area contributed by atoms with Gasteiger partial charge in [-0.05, 0) is 32.0 Å². The molecule has 1 heterocycles. The van der Waals surface area contributed by atoms with E-state index < -0.39 is 0 Å². The van der Waals surface area contributed by atoms with Crippen molar-refractivity contribution in [3.05, 3.63) is 23.8 Å². The Morgan fingerprint density at radius 3 is 2.90 bits per heavy atom. The number of benzene rings is 1. The summed E-state index contributed by atoms with van der Waals surface area (Å²) in [5.41, 5.74) is 7.17. The molecule has 1 amide bonds. The molecule has 2 N–H and O–H groups in total. The minimum atomic E-state index is 0.00548. The number of carbonyl (C=O) groups is 1. The Bertz CT molecular complexity index is 609. The number of anilines is 1. The topological polar surface area (TPSA) is 68.5 Å². The van der Waals surface area contributed by atoms with Crippen LogP contribution < -0.4 is 5.73 Å². The molecule has 1 aromatic carbocycles. The van der Waals surface area contributed by atoms with Crippen molar-refractivity contribution in [1.82, 2.24) is 9.88 Å². The summed E-state index contributed by atoms with van der Waals surface area (Å²) in [7, 11) is 1.63. The number of hydrogen-bond acceptors (Lipinski definition) is 5. The fraction of sp³-hybridized carbons (Fsp3) is 0.429. The third kappa shape index (κ3) is 3.08. The zero-order valence-electron chi connectivity index (χ0n) is 11.9. The minimum absolute atomic E-state index is 0.00548. The first-order valence-electron chi connectivity index (χ1n) is 6.49. The van der Waals surface area contributed by atoms with E-state index >= 15 is 0 Å². The van der Waals surface area contributed by atoms with Crippen molar-refractivity contribution in [3.8, 4) is 0 Å². The molecule has 0 spiro atoms. The Balaban J connectivity index is 2.27. The van der Waals surface area contributed by atoms with Gasteiger partial charge in [0.1, 0.15) is 0 Å². The molecule has 1 aromatic heterocycles. The highest BCUT2D eigenvalue weighted by Gasteiger charge is 2.19. The van der Waals surface area contributed by atoms with E-state index in [1.165, 1.54) is 11.3 Å². The van der Waals surface area contributed by atoms with Crippen molar-refractivity contribution in [2.45, 2.75) is 19.9 Å². The van der Waals surface area contributed by atoms with Gasteiger partial charge in [0, 0.05) is 25.3 Å². The second kappa shape index (κ2) is 6.19. The molecule has 0 aliphatic rings. The van der Waals surface area contributed by atoms with Crippen LogP contribution in [0.4, 0.5) is 5.13 Å². The summed E-state index contributed by atoms with van der Waals surface area (Å²) in [6, 6.07) is 5.62. The molecule has 0 saturated carbocycles. The van der Waals surface area contributed by atoms with Crippen LogP contribution in [0.25, 0.3) is 10.2 Å². The summed E-state index contributed by atoms with van der Waals surface area (Å²) in [5.74, 6) is 0.00548. The number of methoxy groups -OCH3 is 1. The van der Waals surface area contributed by atoms with Crippen LogP contribution in [0.3, 0.4) is 0 Å². The maximum Gasteiger partial charge on any atom is 0.254 e. The van der Waals surface area contributed by atoms with Crippen molar-refractivity contribution in [2.75, 3.05) is 26.0 Å². The molecule has 20 heavy (non-hydrogen) atoms. The number of fused-ring (bicyclic) bond motifs is 1. The van der Waals surface area contributed by atoms with Gasteiger partial charge in [-0.1, -0.05) is 11.3 Å². The number of hydrogen-bond donors (Lipinski definition) is 1. The number of carbonyl (C=O) groups excluding carboxylic acids is 1. The van der Waals surface area contributed by atoms with Crippen LogP contribution in [0.15, 0.2) is 18.2 Å². The molecule has 0 radical (unpaired) electrons. The van der Waals surface area contributed by atoms with Crippen LogP contribution in [0, 0.1) is 0 Å². The van der Waals surface area contributed by atoms with Gasteiger partial charge in [-0.2, -0.15) is 0 Å². The monoisotopic (exact) mass is 293 g/mol. The molecule has 0 fully saturated rings. The highest BCUT2D eigenvalue weighted by atomic mass is 32.1. The predicted molar refractivity (Wildman–Crippen MR) is 82.1 cm³/mol. The van der Waals surface area contributed by atoms with Gasteiger partial charge in [0.2, 0.25) is 0 Å². The maximum absolute atomic E-state index is 12.6. The van der Waals surface area contributed by atoms with Crippen molar-refractivity contribution in [3.63, 3.8) is 0 Å². The zero-order chi connectivity index (χ0) is 14.7. The Morgan fingerprint density at radius 1 is 1.50 bits per heavy atom. The summed E-state index contributed by atoms with van der Waals surface area (Å²) in [5, 5.41) is 0.518. The highest BCUT2D eigenvalue weighted by molar-refractivity contribution is 7.22. The average molecular weight is 293 g/mol. The third-order valence-electron chi connectivity index (χ3n) is 3.07. The normalized spacial score (nSPS) is 11.2. The molecular formula is C14H19N3O2S. The molecule has 108 valence electrons. The SMILES string of the molecule is COCCN(C(=O)c1ccc2nc(N)sc2c1)C(C)C. The van der Waals surface area contributed by atoms with Crippen LogP contribution in [-0.4, -0.2) is 42.1 Å². The van der Waals surface area contributed by atoms with E-state index in [2.05, 4.69) is 4.98 Å². The number of nitrogen functional groups attached to an aromatic ring is 1. The number of amides is 1. The van der Waals surface area contributed by atoms with Gasteiger partial charge in [0.15, 0.2) is 5.13 Å². The van der Waals surface area contributed by atoms with Crippen LogP contribution >= 0.6 is 11.3 Å². The van der Waals surface area contributed by atoms with Gasteiger partial charge >= 0.3 is 0 Å². The summed E-state index contributed by atoms with van der Waals surface area (Å²) in [6.45, 7) is 5.10. The molecule has 2 rings (SSSR count). The predicted octanol–water partition coefficient (Wildman–Crippen LogP) is 2.38. The summed E-state index contributed by atoms with van der Waals surface area (Å²) < 4.78 is 6.00. The van der Waals surface area contributed by atoms with Crippen molar-refractivity contribution in [1.29, 1.82) is 0 Å². The van der Waals surface area contributed by atoms with Gasteiger partial charge in [-0.25, -0.2) is 4.98 Å². The minimum Gasteiger partial charge on any atom is -0.383 e. The van der Waals surface area contributed by atoms with Crippen molar-refractivity contribution in [2.24, 2.45) is 0 Å². The van der Waals surface area contributed by atoms with E-state index in [4.69, 9.17) is 10.5 Å². The highest BCUT2D eigenvalue weighted by Crippen LogP contribution is 2.25. The smallest absolute Gasteiger partial charge is 0.254 e. The zero-order valence-corrected chi connectivity index (χ0v) is 12.7. The number of ether oxygens (including phenoxy) is 1. The van der Waals surface area contributed by atoms with E-state index in [1.807, 2.05) is 26.0 Å². The molecule has 5 nitrogen and oxygen atoms in total. The molecule has 0 saturated heterocycles. The Labute approximate surface area is 122 Å². The van der Waals surface area contributed by atoms with E-state index in [-0.39, 0.29) is 11.9 Å². The fourth-order valence-electron chi connectivity index (χ4n) is 2.03. The molecule has 0 unspecified atom stereocenters.